The number of aromatic amines is 1. The lowest BCUT2D eigenvalue weighted by Crippen LogP contribution is -2.48. The van der Waals surface area contributed by atoms with Gasteiger partial charge < -0.3 is 4.98 Å². The topological polar surface area (TPSA) is 52.2 Å². The Balaban J connectivity index is 1.40. The molecular weight excluding hydrogens is 392 g/mol. The maximum atomic E-state index is 13.8. The number of hydrogen-bond acceptors (Lipinski definition) is 5. The number of carbonyl (C=O) groups excluding carboxylic acids is 1. The average Bonchev–Trinajstić information content (AvgIpc) is 3.46. The fourth-order valence-corrected chi connectivity index (χ4v) is 4.86. The number of para-hydroxylation sites is 1. The molecule has 0 saturated carbocycles. The van der Waals surface area contributed by atoms with Crippen LogP contribution in [0, 0.1) is 0 Å². The van der Waals surface area contributed by atoms with Gasteiger partial charge in [0.15, 0.2) is 5.78 Å². The van der Waals surface area contributed by atoms with Gasteiger partial charge in [-0.25, -0.2) is 4.98 Å². The molecule has 5 rings (SSSR count). The van der Waals surface area contributed by atoms with E-state index in [0.29, 0.717) is 0 Å². The van der Waals surface area contributed by atoms with Gasteiger partial charge in [-0.05, 0) is 11.6 Å². The van der Waals surface area contributed by atoms with Crippen LogP contribution in [-0.2, 0) is 6.54 Å². The summed E-state index contributed by atoms with van der Waals surface area (Å²) in [4.78, 5) is 26.2. The maximum Gasteiger partial charge on any atom is 0.186 e. The predicted octanol–water partition coefficient (Wildman–Crippen LogP) is 4.37. The number of nitrogens with one attached hydrogen (secondary N) is 1. The number of piperazine rings is 1. The zero-order valence-electron chi connectivity index (χ0n) is 16.7. The van der Waals surface area contributed by atoms with Crippen molar-refractivity contribution in [3.8, 4) is 0 Å². The van der Waals surface area contributed by atoms with Crippen molar-refractivity contribution >= 4 is 28.0 Å². The number of hydrogen-bond donors (Lipinski definition) is 1. The van der Waals surface area contributed by atoms with Crippen molar-refractivity contribution in [1.82, 2.24) is 19.8 Å². The number of thiazole rings is 1. The summed E-state index contributed by atoms with van der Waals surface area (Å²) in [5.74, 6) is 0.159. The van der Waals surface area contributed by atoms with E-state index in [1.165, 1.54) is 0 Å². The molecule has 1 aliphatic rings. The number of Topliss-reactive ketones (excluding diaryl/α,β-unsaturated/α-hetero) is 1. The molecule has 0 radical (unpaired) electrons. The van der Waals surface area contributed by atoms with Gasteiger partial charge in [0, 0.05) is 60.8 Å². The van der Waals surface area contributed by atoms with E-state index in [0.717, 1.165) is 60.4 Å². The highest BCUT2D eigenvalue weighted by molar-refractivity contribution is 7.07. The largest absolute Gasteiger partial charge is 0.360 e. The lowest BCUT2D eigenvalue weighted by molar-refractivity contribution is 0.0650. The Bertz CT molecular complexity index is 1110. The van der Waals surface area contributed by atoms with Crippen LogP contribution in [0.25, 0.3) is 10.9 Å². The molecule has 1 saturated heterocycles. The summed E-state index contributed by atoms with van der Waals surface area (Å²) in [6, 6.07) is 17.9. The minimum Gasteiger partial charge on any atom is -0.360 e. The Morgan fingerprint density at radius 1 is 1.03 bits per heavy atom. The number of ketones is 1. The van der Waals surface area contributed by atoms with Crippen molar-refractivity contribution < 1.29 is 4.79 Å². The second kappa shape index (κ2) is 8.52. The number of nitrogens with zero attached hydrogens (tertiary/aromatic N) is 3. The highest BCUT2D eigenvalue weighted by Crippen LogP contribution is 2.30. The number of aromatic nitrogens is 2. The van der Waals surface area contributed by atoms with Crippen LogP contribution in [0.4, 0.5) is 0 Å². The zero-order valence-corrected chi connectivity index (χ0v) is 17.5. The molecule has 5 nitrogen and oxygen atoms in total. The predicted molar refractivity (Wildman–Crippen MR) is 121 cm³/mol. The standard InChI is InChI=1S/C24H24N4OS/c29-24(21-14-25-22-9-5-4-8-20(21)22)23(18-6-2-1-3-7-18)28-12-10-27(11-13-28)15-19-16-30-17-26-19/h1-9,14,16-17,23,25H,10-13,15H2. The van der Waals surface area contributed by atoms with E-state index in [4.69, 9.17) is 0 Å². The minimum atomic E-state index is -0.271. The van der Waals surface area contributed by atoms with Crippen molar-refractivity contribution in [1.29, 1.82) is 0 Å². The molecule has 30 heavy (non-hydrogen) atoms. The highest BCUT2D eigenvalue weighted by Gasteiger charge is 2.32. The monoisotopic (exact) mass is 416 g/mol. The molecule has 1 unspecified atom stereocenters. The van der Waals surface area contributed by atoms with Gasteiger partial charge >= 0.3 is 0 Å². The van der Waals surface area contributed by atoms with Gasteiger partial charge in [-0.3, -0.25) is 14.6 Å². The normalized spacial score (nSPS) is 16.7. The quantitative estimate of drug-likeness (QED) is 0.475. The lowest BCUT2D eigenvalue weighted by atomic mass is 9.95. The Morgan fingerprint density at radius 2 is 1.80 bits per heavy atom. The van der Waals surface area contributed by atoms with Crippen LogP contribution in [0.2, 0.25) is 0 Å². The molecule has 0 aliphatic carbocycles. The van der Waals surface area contributed by atoms with E-state index in [-0.39, 0.29) is 11.8 Å². The van der Waals surface area contributed by atoms with Crippen molar-refractivity contribution in [3.05, 3.63) is 88.5 Å². The number of benzene rings is 2. The highest BCUT2D eigenvalue weighted by atomic mass is 32.1. The minimum absolute atomic E-state index is 0.159. The van der Waals surface area contributed by atoms with Crippen LogP contribution in [-0.4, -0.2) is 51.7 Å². The van der Waals surface area contributed by atoms with Gasteiger partial charge in [0.05, 0.1) is 17.2 Å². The van der Waals surface area contributed by atoms with E-state index in [2.05, 4.69) is 37.3 Å². The zero-order chi connectivity index (χ0) is 20.3. The molecule has 1 atom stereocenters. The summed E-state index contributed by atoms with van der Waals surface area (Å²) < 4.78 is 0. The fourth-order valence-electron chi connectivity index (χ4n) is 4.31. The van der Waals surface area contributed by atoms with Gasteiger partial charge in [0.1, 0.15) is 0 Å². The number of fused-ring (bicyclic) bond motifs is 1. The van der Waals surface area contributed by atoms with E-state index >= 15 is 0 Å². The molecule has 0 bridgehead atoms. The van der Waals surface area contributed by atoms with Crippen LogP contribution in [0.3, 0.4) is 0 Å². The van der Waals surface area contributed by atoms with E-state index < -0.39 is 0 Å². The lowest BCUT2D eigenvalue weighted by Gasteiger charge is -2.38. The Kier molecular flexibility index (Phi) is 5.45. The second-order valence-electron chi connectivity index (χ2n) is 7.72. The number of rotatable bonds is 6. The van der Waals surface area contributed by atoms with E-state index in [9.17, 15) is 4.79 Å². The number of carbonyl (C=O) groups is 1. The molecule has 0 amide bonds. The first-order valence-corrected chi connectivity index (χ1v) is 11.2. The van der Waals surface area contributed by atoms with Crippen molar-refractivity contribution in [2.45, 2.75) is 12.6 Å². The van der Waals surface area contributed by atoms with Gasteiger partial charge in [0.25, 0.3) is 0 Å². The summed E-state index contributed by atoms with van der Waals surface area (Å²) >= 11 is 1.64. The van der Waals surface area contributed by atoms with Gasteiger partial charge in [-0.2, -0.15) is 0 Å². The molecule has 6 heteroatoms. The summed E-state index contributed by atoms with van der Waals surface area (Å²) in [7, 11) is 0. The van der Waals surface area contributed by atoms with Gasteiger partial charge in [-0.1, -0.05) is 48.5 Å². The maximum absolute atomic E-state index is 13.8. The van der Waals surface area contributed by atoms with Crippen LogP contribution in [0.15, 0.2) is 71.7 Å². The Hall–Kier alpha value is -2.80. The summed E-state index contributed by atoms with van der Waals surface area (Å²) in [6.45, 7) is 4.46. The van der Waals surface area contributed by atoms with Gasteiger partial charge in [0.2, 0.25) is 0 Å². The average molecular weight is 417 g/mol. The van der Waals surface area contributed by atoms with Crippen LogP contribution >= 0.6 is 11.3 Å². The van der Waals surface area contributed by atoms with E-state index in [1.807, 2.05) is 54.2 Å². The van der Waals surface area contributed by atoms with Crippen LogP contribution in [0.1, 0.15) is 27.7 Å². The van der Waals surface area contributed by atoms with Crippen molar-refractivity contribution in [3.63, 3.8) is 0 Å². The molecule has 2 aromatic carbocycles. The fraction of sp³-hybridized carbons (Fsp3) is 0.250. The summed E-state index contributed by atoms with van der Waals surface area (Å²) in [6.07, 6.45) is 1.86. The first-order chi connectivity index (χ1) is 14.8. The van der Waals surface area contributed by atoms with Crippen molar-refractivity contribution in [2.75, 3.05) is 26.2 Å². The molecule has 1 fully saturated rings. The first-order valence-electron chi connectivity index (χ1n) is 10.3. The third-order valence-electron chi connectivity index (χ3n) is 5.86. The molecule has 4 aromatic rings. The molecule has 2 aromatic heterocycles. The third-order valence-corrected chi connectivity index (χ3v) is 6.49. The first kappa shape index (κ1) is 19.2. The van der Waals surface area contributed by atoms with Crippen molar-refractivity contribution in [2.24, 2.45) is 0 Å². The molecular formula is C24H24N4OS. The molecule has 152 valence electrons. The smallest absolute Gasteiger partial charge is 0.186 e. The summed E-state index contributed by atoms with van der Waals surface area (Å²) in [5.41, 5.74) is 5.84. The third kappa shape index (κ3) is 3.81. The summed E-state index contributed by atoms with van der Waals surface area (Å²) in [5, 5.41) is 3.10. The SMILES string of the molecule is O=C(c1c[nH]c2ccccc12)C(c1ccccc1)N1CCN(Cc2cscn2)CC1. The molecule has 3 heterocycles. The Morgan fingerprint density at radius 3 is 2.57 bits per heavy atom. The number of H-pyrrole nitrogens is 1. The Labute approximate surface area is 180 Å². The molecule has 1 aliphatic heterocycles. The van der Waals surface area contributed by atoms with E-state index in [1.54, 1.807) is 11.3 Å². The molecule has 1 N–H and O–H groups in total. The van der Waals surface area contributed by atoms with Gasteiger partial charge in [-0.15, -0.1) is 11.3 Å². The second-order valence-corrected chi connectivity index (χ2v) is 8.44. The van der Waals surface area contributed by atoms with Crippen LogP contribution < -0.4 is 0 Å². The van der Waals surface area contributed by atoms with Crippen LogP contribution in [0.5, 0.6) is 0 Å². The molecule has 0 spiro atoms.